The number of carbonyl (C=O) groups is 1. The molecule has 2 rings (SSSR count). The van der Waals surface area contributed by atoms with Crippen molar-refractivity contribution < 1.29 is 18.6 Å². The van der Waals surface area contributed by atoms with Gasteiger partial charge in [0.15, 0.2) is 0 Å². The van der Waals surface area contributed by atoms with Crippen LogP contribution in [-0.4, -0.2) is 25.8 Å². The summed E-state index contributed by atoms with van der Waals surface area (Å²) in [5.74, 6) is -0.0676. The van der Waals surface area contributed by atoms with E-state index in [-0.39, 0.29) is 0 Å². The fourth-order valence-corrected chi connectivity index (χ4v) is 3.73. The van der Waals surface area contributed by atoms with Crippen LogP contribution in [0.4, 0.5) is 0 Å². The molecule has 0 heterocycles. The molecule has 0 aromatic heterocycles. The van der Waals surface area contributed by atoms with Crippen LogP contribution in [0.25, 0.3) is 10.8 Å². The summed E-state index contributed by atoms with van der Waals surface area (Å²) in [5, 5.41) is 4.81. The Labute approximate surface area is 134 Å². The van der Waals surface area contributed by atoms with Crippen molar-refractivity contribution in [1.82, 2.24) is 5.09 Å². The molecule has 2 aromatic rings. The molecule has 0 saturated carbocycles. The van der Waals surface area contributed by atoms with Crippen molar-refractivity contribution in [2.45, 2.75) is 13.0 Å². The zero-order chi connectivity index (χ0) is 16.3. The van der Waals surface area contributed by atoms with E-state index in [1.807, 2.05) is 24.3 Å². The Morgan fingerprint density at radius 3 is 2.50 bits per heavy atom. The van der Waals surface area contributed by atoms with E-state index >= 15 is 0 Å². The van der Waals surface area contributed by atoms with Crippen LogP contribution in [-0.2, 0) is 14.1 Å². The van der Waals surface area contributed by atoms with Gasteiger partial charge in [0.05, 0.1) is 7.11 Å². The van der Waals surface area contributed by atoms with E-state index < -0.39 is 19.5 Å². The van der Waals surface area contributed by atoms with Gasteiger partial charge in [-0.25, -0.2) is 5.09 Å². The summed E-state index contributed by atoms with van der Waals surface area (Å²) >= 11 is 6.14. The second-order valence-corrected chi connectivity index (χ2v) is 7.44. The summed E-state index contributed by atoms with van der Waals surface area (Å²) in [4.78, 5) is 11.4. The first kappa shape index (κ1) is 16.8. The largest absolute Gasteiger partial charge is 0.468 e. The van der Waals surface area contributed by atoms with Gasteiger partial charge in [-0.2, -0.15) is 0 Å². The Balaban J connectivity index is 2.28. The van der Waals surface area contributed by atoms with Gasteiger partial charge in [0.2, 0.25) is 0 Å². The maximum Gasteiger partial charge on any atom is 0.323 e. The molecule has 22 heavy (non-hydrogen) atoms. The lowest BCUT2D eigenvalue weighted by molar-refractivity contribution is -0.142. The van der Waals surface area contributed by atoms with Gasteiger partial charge < -0.3 is 9.26 Å². The third-order valence-corrected chi connectivity index (χ3v) is 4.82. The first-order chi connectivity index (χ1) is 10.3. The van der Waals surface area contributed by atoms with Crippen LogP contribution in [0.2, 0.25) is 5.02 Å². The Morgan fingerprint density at radius 2 is 1.86 bits per heavy atom. The van der Waals surface area contributed by atoms with Crippen molar-refractivity contribution in [3.05, 3.63) is 41.4 Å². The average Bonchev–Trinajstić information content (AvgIpc) is 2.49. The summed E-state index contributed by atoms with van der Waals surface area (Å²) in [7, 11) is -1.98. The third-order valence-electron chi connectivity index (χ3n) is 3.09. The molecule has 1 N–H and O–H groups in total. The fourth-order valence-electron chi connectivity index (χ4n) is 2.11. The minimum atomic E-state index is -3.25. The Hall–Kier alpha value is -1.55. The second kappa shape index (κ2) is 6.69. The van der Waals surface area contributed by atoms with E-state index in [0.717, 1.165) is 10.8 Å². The molecule has 2 aromatic carbocycles. The van der Waals surface area contributed by atoms with Crippen molar-refractivity contribution >= 4 is 35.9 Å². The zero-order valence-corrected chi connectivity index (χ0v) is 14.1. The predicted octanol–water partition coefficient (Wildman–Crippen LogP) is 3.85. The lowest BCUT2D eigenvalue weighted by Gasteiger charge is -2.20. The highest BCUT2D eigenvalue weighted by Gasteiger charge is 2.25. The lowest BCUT2D eigenvalue weighted by atomic mass is 10.1. The molecule has 0 radical (unpaired) electrons. The van der Waals surface area contributed by atoms with Gasteiger partial charge in [0, 0.05) is 22.5 Å². The molecule has 2 atom stereocenters. The van der Waals surface area contributed by atoms with E-state index in [1.54, 1.807) is 19.1 Å². The molecule has 0 bridgehead atoms. The molecular weight excluding hydrogens is 325 g/mol. The third kappa shape index (κ3) is 3.80. The Bertz CT molecular complexity index is 749. The molecule has 118 valence electrons. The number of halogens is 1. The van der Waals surface area contributed by atoms with Gasteiger partial charge in [-0.3, -0.25) is 9.36 Å². The highest BCUT2D eigenvalue weighted by atomic mass is 35.5. The summed E-state index contributed by atoms with van der Waals surface area (Å²) in [5.41, 5.74) is 0. The van der Waals surface area contributed by atoms with Gasteiger partial charge in [-0.15, -0.1) is 0 Å². The van der Waals surface area contributed by atoms with E-state index in [4.69, 9.17) is 16.1 Å². The highest BCUT2D eigenvalue weighted by Crippen LogP contribution is 2.43. The summed E-state index contributed by atoms with van der Waals surface area (Å²) in [6, 6.07) is 10.0. The van der Waals surface area contributed by atoms with Crippen LogP contribution in [0.5, 0.6) is 5.75 Å². The smallest absolute Gasteiger partial charge is 0.323 e. The van der Waals surface area contributed by atoms with Gasteiger partial charge in [-0.05, 0) is 19.1 Å². The van der Waals surface area contributed by atoms with Gasteiger partial charge in [-0.1, -0.05) is 35.9 Å². The molecule has 0 saturated heterocycles. The quantitative estimate of drug-likeness (QED) is 0.661. The van der Waals surface area contributed by atoms with Gasteiger partial charge in [0.1, 0.15) is 11.8 Å². The number of hydrogen-bond acceptors (Lipinski definition) is 4. The first-order valence-corrected chi connectivity index (χ1v) is 9.09. The standard InChI is InChI=1S/C15H17ClNO4P/c1-10(15(18)20-2)17-22(3,19)21-14-9-8-13(16)11-6-4-5-7-12(11)14/h4-10H,1-3H3,(H,17,19)/t10-,22?/m0/s1. The highest BCUT2D eigenvalue weighted by molar-refractivity contribution is 7.56. The van der Waals surface area contributed by atoms with E-state index in [1.165, 1.54) is 13.8 Å². The van der Waals surface area contributed by atoms with E-state index in [9.17, 15) is 9.36 Å². The SMILES string of the molecule is COC(=O)[C@H](C)NP(C)(=O)Oc1ccc(Cl)c2ccccc12. The number of rotatable bonds is 5. The minimum Gasteiger partial charge on any atom is -0.468 e. The second-order valence-electron chi connectivity index (χ2n) is 4.90. The monoisotopic (exact) mass is 341 g/mol. The molecule has 0 amide bonds. The molecule has 0 fully saturated rings. The molecule has 0 aliphatic rings. The van der Waals surface area contributed by atoms with Gasteiger partial charge >= 0.3 is 13.5 Å². The van der Waals surface area contributed by atoms with Crippen LogP contribution in [0.15, 0.2) is 36.4 Å². The number of methoxy groups -OCH3 is 1. The summed E-state index contributed by atoms with van der Waals surface area (Å²) < 4.78 is 22.8. The first-order valence-electron chi connectivity index (χ1n) is 6.64. The normalized spacial score (nSPS) is 15.1. The van der Waals surface area contributed by atoms with Crippen molar-refractivity contribution in [2.24, 2.45) is 0 Å². The fraction of sp³-hybridized carbons (Fsp3) is 0.267. The van der Waals surface area contributed by atoms with Crippen LogP contribution in [0.3, 0.4) is 0 Å². The maximum absolute atomic E-state index is 12.6. The molecule has 1 unspecified atom stereocenters. The van der Waals surface area contributed by atoms with Crippen LogP contribution < -0.4 is 9.61 Å². The van der Waals surface area contributed by atoms with E-state index in [0.29, 0.717) is 10.8 Å². The van der Waals surface area contributed by atoms with Crippen molar-refractivity contribution in [1.29, 1.82) is 0 Å². The predicted molar refractivity (Wildman–Crippen MR) is 87.7 cm³/mol. The maximum atomic E-state index is 12.6. The number of fused-ring (bicyclic) bond motifs is 1. The van der Waals surface area contributed by atoms with Crippen molar-refractivity contribution in [2.75, 3.05) is 13.8 Å². The Kier molecular flexibility index (Phi) is 5.12. The van der Waals surface area contributed by atoms with Crippen LogP contribution >= 0.6 is 19.1 Å². The number of hydrogen-bond donors (Lipinski definition) is 1. The number of nitrogens with one attached hydrogen (secondary N) is 1. The van der Waals surface area contributed by atoms with Gasteiger partial charge in [0.25, 0.3) is 0 Å². The number of ether oxygens (including phenoxy) is 1. The summed E-state index contributed by atoms with van der Waals surface area (Å²) in [6.07, 6.45) is 0. The number of carbonyl (C=O) groups excluding carboxylic acids is 1. The van der Waals surface area contributed by atoms with Crippen molar-refractivity contribution in [3.63, 3.8) is 0 Å². The molecular formula is C15H17ClNO4P. The Morgan fingerprint density at radius 1 is 1.23 bits per heavy atom. The van der Waals surface area contributed by atoms with E-state index in [2.05, 4.69) is 9.82 Å². The molecule has 5 nitrogen and oxygen atoms in total. The van der Waals surface area contributed by atoms with Crippen LogP contribution in [0, 0.1) is 0 Å². The number of benzene rings is 2. The zero-order valence-electron chi connectivity index (χ0n) is 12.5. The lowest BCUT2D eigenvalue weighted by Crippen LogP contribution is -2.33. The minimum absolute atomic E-state index is 0.440. The topological polar surface area (TPSA) is 64.6 Å². The van der Waals surface area contributed by atoms with Crippen molar-refractivity contribution in [3.8, 4) is 5.75 Å². The number of esters is 1. The molecule has 0 aliphatic heterocycles. The summed E-state index contributed by atoms with van der Waals surface area (Å²) in [6.45, 7) is 2.97. The molecule has 0 spiro atoms. The molecule has 7 heteroatoms. The van der Waals surface area contributed by atoms with Crippen LogP contribution in [0.1, 0.15) is 6.92 Å². The average molecular weight is 342 g/mol. The molecule has 0 aliphatic carbocycles.